The minimum atomic E-state index is -3.52. The first-order valence-electron chi connectivity index (χ1n) is 8.27. The van der Waals surface area contributed by atoms with Crippen LogP contribution < -0.4 is 4.90 Å². The quantitative estimate of drug-likeness (QED) is 0.792. The second-order valence-electron chi connectivity index (χ2n) is 6.54. The summed E-state index contributed by atoms with van der Waals surface area (Å²) < 4.78 is 27.5. The number of fused-ring (bicyclic) bond motifs is 1. The number of anilines is 1. The number of benzene rings is 1. The van der Waals surface area contributed by atoms with E-state index in [1.807, 2.05) is 43.3 Å². The van der Waals surface area contributed by atoms with E-state index in [-0.39, 0.29) is 17.5 Å². The summed E-state index contributed by atoms with van der Waals surface area (Å²) in [5.74, 6) is -0.0958. The summed E-state index contributed by atoms with van der Waals surface area (Å²) in [6, 6.07) is 7.94. The first-order chi connectivity index (χ1) is 12.3. The summed E-state index contributed by atoms with van der Waals surface area (Å²) >= 11 is 0. The molecule has 0 spiro atoms. The van der Waals surface area contributed by atoms with E-state index in [4.69, 9.17) is 0 Å². The maximum Gasteiger partial charge on any atom is 0.257 e. The van der Waals surface area contributed by atoms with Gasteiger partial charge in [0.15, 0.2) is 5.84 Å². The van der Waals surface area contributed by atoms with Crippen molar-refractivity contribution >= 4 is 27.5 Å². The Labute approximate surface area is 154 Å². The lowest BCUT2D eigenvalue weighted by Gasteiger charge is -2.30. The molecule has 0 aromatic heterocycles. The molecule has 3 rings (SSSR count). The number of hydrogen-bond acceptors (Lipinski definition) is 5. The lowest BCUT2D eigenvalue weighted by molar-refractivity contribution is -0.125. The number of sulfonamides is 1. The van der Waals surface area contributed by atoms with Crippen LogP contribution in [0.3, 0.4) is 0 Å². The van der Waals surface area contributed by atoms with Crippen molar-refractivity contribution in [2.75, 3.05) is 38.3 Å². The van der Waals surface area contributed by atoms with Crippen molar-refractivity contribution in [2.24, 2.45) is 4.40 Å². The molecule has 0 atom stereocenters. The van der Waals surface area contributed by atoms with Crippen LogP contribution in [0.15, 0.2) is 52.6 Å². The van der Waals surface area contributed by atoms with Gasteiger partial charge in [-0.05, 0) is 29.8 Å². The Balaban J connectivity index is 1.78. The molecule has 2 aliphatic rings. The molecule has 2 aliphatic heterocycles. The fourth-order valence-electron chi connectivity index (χ4n) is 2.83. The number of rotatable bonds is 4. The number of amides is 1. The third-order valence-corrected chi connectivity index (χ3v) is 5.46. The van der Waals surface area contributed by atoms with Gasteiger partial charge in [0, 0.05) is 46.1 Å². The molecular weight excluding hydrogens is 352 g/mol. The van der Waals surface area contributed by atoms with Crippen LogP contribution in [0.25, 0.3) is 0 Å². The van der Waals surface area contributed by atoms with Crippen molar-refractivity contribution in [3.8, 4) is 0 Å². The smallest absolute Gasteiger partial charge is 0.257 e. The fourth-order valence-corrected chi connectivity index (χ4v) is 3.82. The minimum absolute atomic E-state index is 0.0453. The van der Waals surface area contributed by atoms with Gasteiger partial charge in [0.1, 0.15) is 0 Å². The van der Waals surface area contributed by atoms with Gasteiger partial charge >= 0.3 is 0 Å². The zero-order valence-corrected chi connectivity index (χ0v) is 15.9. The van der Waals surface area contributed by atoms with Crippen molar-refractivity contribution in [1.82, 2.24) is 9.80 Å². The Morgan fingerprint density at radius 1 is 1.19 bits per heavy atom. The Bertz CT molecular complexity index is 899. The average molecular weight is 374 g/mol. The Morgan fingerprint density at radius 3 is 2.54 bits per heavy atom. The molecule has 2 heterocycles. The predicted molar refractivity (Wildman–Crippen MR) is 102 cm³/mol. The molecule has 1 aromatic carbocycles. The van der Waals surface area contributed by atoms with Crippen LogP contribution in [0, 0.1) is 0 Å². The molecule has 0 unspecified atom stereocenters. The van der Waals surface area contributed by atoms with E-state index in [0.29, 0.717) is 18.7 Å². The van der Waals surface area contributed by atoms with Crippen molar-refractivity contribution < 1.29 is 13.2 Å². The van der Waals surface area contributed by atoms with Crippen LogP contribution in [0.1, 0.15) is 5.56 Å². The molecule has 0 saturated carbocycles. The molecule has 0 N–H and O–H groups in total. The SMILES string of the molecule is CN(Cc1ccc(N(C)C)cc1)C(=O)C1=CC=CN2CCS(=O)(=O)N=C12. The van der Waals surface area contributed by atoms with Crippen molar-refractivity contribution in [3.05, 3.63) is 53.8 Å². The van der Waals surface area contributed by atoms with Gasteiger partial charge in [-0.15, -0.1) is 4.40 Å². The second kappa shape index (κ2) is 6.95. The van der Waals surface area contributed by atoms with Crippen molar-refractivity contribution in [3.63, 3.8) is 0 Å². The highest BCUT2D eigenvalue weighted by Gasteiger charge is 2.31. The largest absolute Gasteiger partial charge is 0.378 e. The molecule has 0 aliphatic carbocycles. The van der Waals surface area contributed by atoms with E-state index < -0.39 is 10.0 Å². The van der Waals surface area contributed by atoms with Crippen LogP contribution in [-0.4, -0.2) is 63.4 Å². The summed E-state index contributed by atoms with van der Waals surface area (Å²) in [5.41, 5.74) is 2.37. The third-order valence-electron chi connectivity index (χ3n) is 4.31. The molecule has 138 valence electrons. The topological polar surface area (TPSA) is 73.3 Å². The molecule has 8 heteroatoms. The van der Waals surface area contributed by atoms with Gasteiger partial charge < -0.3 is 14.7 Å². The molecule has 0 bridgehead atoms. The summed E-state index contributed by atoms with van der Waals surface area (Å²) in [6.07, 6.45) is 5.10. The molecule has 7 nitrogen and oxygen atoms in total. The molecule has 26 heavy (non-hydrogen) atoms. The van der Waals surface area contributed by atoms with Crippen LogP contribution in [0.2, 0.25) is 0 Å². The van der Waals surface area contributed by atoms with Crippen LogP contribution in [0.4, 0.5) is 5.69 Å². The number of carbonyl (C=O) groups is 1. The number of likely N-dealkylation sites (N-methyl/N-ethyl adjacent to an activating group) is 1. The monoisotopic (exact) mass is 374 g/mol. The molecule has 0 fully saturated rings. The Morgan fingerprint density at radius 2 is 1.88 bits per heavy atom. The molecule has 0 saturated heterocycles. The second-order valence-corrected chi connectivity index (χ2v) is 8.29. The fraction of sp³-hybridized carbons (Fsp3) is 0.333. The van der Waals surface area contributed by atoms with Gasteiger partial charge in [0.25, 0.3) is 15.9 Å². The molecular formula is C18H22N4O3S. The lowest BCUT2D eigenvalue weighted by atomic mass is 10.1. The van der Waals surface area contributed by atoms with E-state index >= 15 is 0 Å². The number of carbonyl (C=O) groups excluding carboxylic acids is 1. The van der Waals surface area contributed by atoms with E-state index in [1.165, 1.54) is 0 Å². The van der Waals surface area contributed by atoms with Gasteiger partial charge in [-0.3, -0.25) is 4.79 Å². The predicted octanol–water partition coefficient (Wildman–Crippen LogP) is 1.21. The van der Waals surface area contributed by atoms with E-state index in [1.54, 1.807) is 35.2 Å². The highest BCUT2D eigenvalue weighted by molar-refractivity contribution is 7.90. The van der Waals surface area contributed by atoms with Crippen LogP contribution >= 0.6 is 0 Å². The molecule has 0 radical (unpaired) electrons. The highest BCUT2D eigenvalue weighted by Crippen LogP contribution is 2.20. The Kier molecular flexibility index (Phi) is 4.86. The third kappa shape index (κ3) is 3.80. The molecule has 1 aromatic rings. The first kappa shape index (κ1) is 18.2. The Hall–Kier alpha value is -2.61. The average Bonchev–Trinajstić information content (AvgIpc) is 2.60. The molecule has 1 amide bonds. The van der Waals surface area contributed by atoms with E-state index in [9.17, 15) is 13.2 Å². The van der Waals surface area contributed by atoms with Crippen molar-refractivity contribution in [1.29, 1.82) is 0 Å². The lowest BCUT2D eigenvalue weighted by Crippen LogP contribution is -2.42. The zero-order valence-electron chi connectivity index (χ0n) is 15.1. The van der Waals surface area contributed by atoms with Crippen molar-refractivity contribution in [2.45, 2.75) is 6.54 Å². The number of allylic oxidation sites excluding steroid dienone is 2. The van der Waals surface area contributed by atoms with Crippen LogP contribution in [-0.2, 0) is 21.4 Å². The minimum Gasteiger partial charge on any atom is -0.378 e. The zero-order chi connectivity index (χ0) is 18.9. The highest BCUT2D eigenvalue weighted by atomic mass is 32.2. The van der Waals surface area contributed by atoms with Gasteiger partial charge in [0.2, 0.25) is 0 Å². The van der Waals surface area contributed by atoms with Gasteiger partial charge in [-0.1, -0.05) is 12.1 Å². The summed E-state index contributed by atoms with van der Waals surface area (Å²) in [6.45, 7) is 0.728. The number of amidine groups is 1. The summed E-state index contributed by atoms with van der Waals surface area (Å²) in [5, 5.41) is 0. The van der Waals surface area contributed by atoms with E-state index in [2.05, 4.69) is 4.40 Å². The number of nitrogens with zero attached hydrogens (tertiary/aromatic N) is 4. The maximum atomic E-state index is 12.9. The maximum absolute atomic E-state index is 12.9. The van der Waals surface area contributed by atoms with Gasteiger partial charge in [-0.2, -0.15) is 0 Å². The standard InChI is InChI=1S/C18H22N4O3S/c1-20(2)15-8-6-14(7-9-15)13-21(3)18(23)16-5-4-10-22-11-12-26(24,25)19-17(16)22/h4-10H,11-13H2,1-3H3. The first-order valence-corrected chi connectivity index (χ1v) is 9.87. The van der Waals surface area contributed by atoms with Gasteiger partial charge in [-0.25, -0.2) is 8.42 Å². The van der Waals surface area contributed by atoms with Crippen LogP contribution in [0.5, 0.6) is 0 Å². The number of hydrogen-bond donors (Lipinski definition) is 0. The van der Waals surface area contributed by atoms with E-state index in [0.717, 1.165) is 11.3 Å². The van der Waals surface area contributed by atoms with Gasteiger partial charge in [0.05, 0.1) is 11.3 Å². The normalized spacial score (nSPS) is 17.9. The summed E-state index contributed by atoms with van der Waals surface area (Å²) in [7, 11) is 2.12. The summed E-state index contributed by atoms with van der Waals surface area (Å²) in [4.78, 5) is 18.1.